The minimum Gasteiger partial charge on any atom is -0.504 e. The Balaban J connectivity index is 2.04. The summed E-state index contributed by atoms with van der Waals surface area (Å²) in [6, 6.07) is 4.30. The first-order chi connectivity index (χ1) is 12.9. The van der Waals surface area contributed by atoms with E-state index in [0.717, 1.165) is 0 Å². The molecule has 2 rings (SSSR count). The van der Waals surface area contributed by atoms with E-state index in [1.807, 2.05) is 0 Å². The first kappa shape index (κ1) is 20.3. The number of methoxy groups -OCH3 is 1. The molecule has 3 atom stereocenters. The minimum atomic E-state index is -0.691. The number of aromatic hydroxyl groups is 2. The Bertz CT molecular complexity index is 739. The average molecular weight is 378 g/mol. The summed E-state index contributed by atoms with van der Waals surface area (Å²) in [7, 11) is 1.23. The van der Waals surface area contributed by atoms with Crippen LogP contribution in [0.4, 0.5) is 0 Å². The van der Waals surface area contributed by atoms with Crippen LogP contribution in [0.25, 0.3) is 0 Å². The summed E-state index contributed by atoms with van der Waals surface area (Å²) in [5.74, 6) is -3.09. The zero-order chi connectivity index (χ0) is 20.0. The predicted molar refractivity (Wildman–Crippen MR) is 92.7 cm³/mol. The Morgan fingerprint density at radius 2 is 2.00 bits per heavy atom. The lowest BCUT2D eigenvalue weighted by Crippen LogP contribution is -2.37. The number of ether oxygens (including phenoxy) is 3. The fourth-order valence-electron chi connectivity index (χ4n) is 2.88. The van der Waals surface area contributed by atoms with Crippen LogP contribution in [0, 0.1) is 11.8 Å². The second-order valence-electron chi connectivity index (χ2n) is 6.22. The molecule has 27 heavy (non-hydrogen) atoms. The predicted octanol–water partition coefficient (Wildman–Crippen LogP) is 1.48. The number of aldehydes is 1. The fourth-order valence-corrected chi connectivity index (χ4v) is 2.88. The number of phenols is 2. The lowest BCUT2D eigenvalue weighted by atomic mass is 9.80. The molecule has 1 heterocycles. The van der Waals surface area contributed by atoms with Crippen LogP contribution in [-0.2, 0) is 35.0 Å². The molecule has 0 amide bonds. The molecule has 1 aromatic rings. The molecule has 0 spiro atoms. The van der Waals surface area contributed by atoms with Crippen LogP contribution in [0.2, 0.25) is 0 Å². The van der Waals surface area contributed by atoms with Gasteiger partial charge in [0.25, 0.3) is 0 Å². The van der Waals surface area contributed by atoms with E-state index < -0.39 is 29.9 Å². The van der Waals surface area contributed by atoms with E-state index in [9.17, 15) is 24.6 Å². The highest BCUT2D eigenvalue weighted by Gasteiger charge is 2.39. The third kappa shape index (κ3) is 4.99. The number of phenolic OH excluding ortho intramolecular Hbond substituents is 2. The van der Waals surface area contributed by atoms with Gasteiger partial charge in [-0.3, -0.25) is 4.79 Å². The van der Waals surface area contributed by atoms with Crippen LogP contribution in [0.5, 0.6) is 11.5 Å². The van der Waals surface area contributed by atoms with E-state index in [1.54, 1.807) is 13.0 Å². The Kier molecular flexibility index (Phi) is 6.81. The van der Waals surface area contributed by atoms with Gasteiger partial charge >= 0.3 is 11.9 Å². The molecular weight excluding hydrogens is 356 g/mol. The van der Waals surface area contributed by atoms with Crippen molar-refractivity contribution < 1.29 is 38.8 Å². The van der Waals surface area contributed by atoms with Crippen molar-refractivity contribution in [3.8, 4) is 11.5 Å². The molecule has 1 aliphatic heterocycles. The van der Waals surface area contributed by atoms with Crippen LogP contribution in [0.3, 0.4) is 0 Å². The van der Waals surface area contributed by atoms with Crippen molar-refractivity contribution in [2.24, 2.45) is 11.8 Å². The third-order valence-electron chi connectivity index (χ3n) is 4.49. The number of benzene rings is 1. The van der Waals surface area contributed by atoms with Gasteiger partial charge in [-0.05, 0) is 24.6 Å². The molecule has 146 valence electrons. The number of esters is 2. The largest absolute Gasteiger partial charge is 0.504 e. The van der Waals surface area contributed by atoms with Gasteiger partial charge in [0.15, 0.2) is 11.5 Å². The zero-order valence-electron chi connectivity index (χ0n) is 15.1. The second kappa shape index (κ2) is 9.07. The van der Waals surface area contributed by atoms with E-state index >= 15 is 0 Å². The van der Waals surface area contributed by atoms with E-state index in [4.69, 9.17) is 9.47 Å². The first-order valence-electron chi connectivity index (χ1n) is 8.43. The lowest BCUT2D eigenvalue weighted by Gasteiger charge is -2.32. The molecule has 0 aromatic heterocycles. The van der Waals surface area contributed by atoms with Crippen LogP contribution < -0.4 is 0 Å². The maximum Gasteiger partial charge on any atom is 0.337 e. The molecule has 1 aliphatic rings. The molecule has 0 bridgehead atoms. The number of hydrogen-bond acceptors (Lipinski definition) is 8. The number of hydrogen-bond donors (Lipinski definition) is 2. The SMILES string of the molecule is COC(=O)C[C@@H]1C(C(=O)OCCc2ccc(O)c(O)c2)=CO[C@H](C)[C@H]1C=O. The molecule has 0 aliphatic carbocycles. The van der Waals surface area contributed by atoms with E-state index in [1.165, 1.54) is 25.5 Å². The molecule has 8 heteroatoms. The van der Waals surface area contributed by atoms with Crippen LogP contribution >= 0.6 is 0 Å². The first-order valence-corrected chi connectivity index (χ1v) is 8.43. The lowest BCUT2D eigenvalue weighted by molar-refractivity contribution is -0.144. The van der Waals surface area contributed by atoms with E-state index in [2.05, 4.69) is 4.74 Å². The summed E-state index contributed by atoms with van der Waals surface area (Å²) in [5, 5.41) is 18.8. The van der Waals surface area contributed by atoms with E-state index in [0.29, 0.717) is 18.3 Å². The Morgan fingerprint density at radius 3 is 2.63 bits per heavy atom. The number of carbonyl (C=O) groups is 3. The van der Waals surface area contributed by atoms with E-state index in [-0.39, 0.29) is 30.1 Å². The Morgan fingerprint density at radius 1 is 1.26 bits per heavy atom. The van der Waals surface area contributed by atoms with Crippen molar-refractivity contribution in [1.29, 1.82) is 0 Å². The highest BCUT2D eigenvalue weighted by Crippen LogP contribution is 2.33. The van der Waals surface area contributed by atoms with Gasteiger partial charge in [-0.15, -0.1) is 0 Å². The summed E-state index contributed by atoms with van der Waals surface area (Å²) in [5.41, 5.74) is 0.765. The van der Waals surface area contributed by atoms with Gasteiger partial charge in [-0.2, -0.15) is 0 Å². The molecule has 0 unspecified atom stereocenters. The summed E-state index contributed by atoms with van der Waals surface area (Å²) in [6.07, 6.45) is 1.59. The molecule has 0 fully saturated rings. The summed E-state index contributed by atoms with van der Waals surface area (Å²) in [4.78, 5) is 35.5. The van der Waals surface area contributed by atoms with Crippen molar-refractivity contribution >= 4 is 18.2 Å². The van der Waals surface area contributed by atoms with Crippen LogP contribution in [0.1, 0.15) is 18.9 Å². The van der Waals surface area contributed by atoms with Crippen molar-refractivity contribution in [3.63, 3.8) is 0 Å². The standard InChI is InChI=1S/C19H22O8/c1-11-14(9-20)13(8-18(23)25-2)15(10-27-11)19(24)26-6-5-12-3-4-16(21)17(22)7-12/h3-4,7,9-11,13-14,21-22H,5-6,8H2,1-2H3/t11-,13+,14-/m1/s1. The van der Waals surface area contributed by atoms with Crippen molar-refractivity contribution in [3.05, 3.63) is 35.6 Å². The molecule has 8 nitrogen and oxygen atoms in total. The second-order valence-corrected chi connectivity index (χ2v) is 6.22. The number of rotatable bonds is 7. The smallest absolute Gasteiger partial charge is 0.337 e. The van der Waals surface area contributed by atoms with Gasteiger partial charge in [0.2, 0.25) is 0 Å². The van der Waals surface area contributed by atoms with Crippen molar-refractivity contribution in [2.45, 2.75) is 25.9 Å². The normalized spacial score (nSPS) is 21.6. The highest BCUT2D eigenvalue weighted by atomic mass is 16.5. The molecule has 1 aromatic carbocycles. The Hall–Kier alpha value is -3.03. The van der Waals surface area contributed by atoms with Gasteiger partial charge in [-0.1, -0.05) is 6.07 Å². The monoisotopic (exact) mass is 378 g/mol. The third-order valence-corrected chi connectivity index (χ3v) is 4.49. The van der Waals surface area contributed by atoms with Gasteiger partial charge < -0.3 is 29.2 Å². The number of carbonyl (C=O) groups excluding carboxylic acids is 3. The molecule has 0 saturated heterocycles. The van der Waals surface area contributed by atoms with Gasteiger partial charge in [-0.25, -0.2) is 4.79 Å². The quantitative estimate of drug-likeness (QED) is 0.416. The average Bonchev–Trinajstić information content (AvgIpc) is 2.64. The van der Waals surface area contributed by atoms with Crippen LogP contribution in [0.15, 0.2) is 30.0 Å². The molecular formula is C19H22O8. The van der Waals surface area contributed by atoms with Crippen molar-refractivity contribution in [2.75, 3.05) is 13.7 Å². The topological polar surface area (TPSA) is 119 Å². The van der Waals surface area contributed by atoms with Gasteiger partial charge in [0, 0.05) is 12.3 Å². The molecule has 0 saturated carbocycles. The minimum absolute atomic E-state index is 0.00659. The fraction of sp³-hybridized carbons (Fsp3) is 0.421. The Labute approximate surface area is 156 Å². The van der Waals surface area contributed by atoms with Crippen molar-refractivity contribution in [1.82, 2.24) is 0 Å². The summed E-state index contributed by atoms with van der Waals surface area (Å²) in [6.45, 7) is 1.69. The summed E-state index contributed by atoms with van der Waals surface area (Å²) < 4.78 is 15.2. The van der Waals surface area contributed by atoms with Gasteiger partial charge in [0.1, 0.15) is 12.4 Å². The molecule has 2 N–H and O–H groups in total. The van der Waals surface area contributed by atoms with Gasteiger partial charge in [0.05, 0.1) is 37.9 Å². The maximum absolute atomic E-state index is 12.4. The van der Waals surface area contributed by atoms with Crippen LogP contribution in [-0.4, -0.2) is 48.3 Å². The maximum atomic E-state index is 12.4. The summed E-state index contributed by atoms with van der Waals surface area (Å²) >= 11 is 0. The zero-order valence-corrected chi connectivity index (χ0v) is 15.1. The highest BCUT2D eigenvalue weighted by molar-refractivity contribution is 5.90. The molecule has 0 radical (unpaired) electrons.